The van der Waals surface area contributed by atoms with Gasteiger partial charge in [0.05, 0.1) is 12.9 Å². The van der Waals surface area contributed by atoms with Crippen LogP contribution in [0, 0.1) is 0 Å². The summed E-state index contributed by atoms with van der Waals surface area (Å²) in [6.07, 6.45) is 11.2. The van der Waals surface area contributed by atoms with Gasteiger partial charge < -0.3 is 17.4 Å². The quantitative estimate of drug-likeness (QED) is 0.605. The van der Waals surface area contributed by atoms with Crippen LogP contribution in [0.25, 0.3) is 11.2 Å². The lowest BCUT2D eigenvalue weighted by molar-refractivity contribution is -0.574. The van der Waals surface area contributed by atoms with E-state index in [9.17, 15) is 0 Å². The Morgan fingerprint density at radius 2 is 1.84 bits per heavy atom. The normalized spacial score (nSPS) is 10.6. The standard InChI is InChI=1S/C13H21N5.ClH/c1-2-3-4-5-6-7-8-14-12-11-13(16-9-15-11)18-10-17-12;/h9-10H,2-8H2,1H3,(H2,14,15,16,17,18);1H. The van der Waals surface area contributed by atoms with Gasteiger partial charge in [-0.2, -0.15) is 4.98 Å². The van der Waals surface area contributed by atoms with Gasteiger partial charge in [0.15, 0.2) is 11.2 Å². The Kier molecular flexibility index (Phi) is 7.36. The van der Waals surface area contributed by atoms with Gasteiger partial charge in [0.1, 0.15) is 6.33 Å². The molecule has 2 aromatic rings. The third-order valence-corrected chi connectivity index (χ3v) is 3.15. The summed E-state index contributed by atoms with van der Waals surface area (Å²) in [7, 11) is 0. The number of aromatic nitrogens is 4. The van der Waals surface area contributed by atoms with E-state index in [1.165, 1.54) is 38.5 Å². The number of fused-ring (bicyclic) bond motifs is 1. The number of aromatic amines is 1. The van der Waals surface area contributed by atoms with Crippen LogP contribution in [-0.4, -0.2) is 26.5 Å². The lowest BCUT2D eigenvalue weighted by atomic mass is 10.1. The van der Waals surface area contributed by atoms with Crippen LogP contribution < -0.4 is 17.7 Å². The molecular weight excluding hydrogens is 262 g/mol. The van der Waals surface area contributed by atoms with Gasteiger partial charge in [0.2, 0.25) is 0 Å². The molecule has 106 valence electrons. The molecule has 0 saturated heterocycles. The number of quaternary nitrogens is 1. The first kappa shape index (κ1) is 15.9. The Balaban J connectivity index is 0.00000180. The number of hydrogen-bond donors (Lipinski definition) is 2. The summed E-state index contributed by atoms with van der Waals surface area (Å²) < 4.78 is 0. The summed E-state index contributed by atoms with van der Waals surface area (Å²) in [6, 6.07) is 0. The SMILES string of the molecule is CCCCCCCC[NH2+]c1ncnc2nc[nH]c12.[Cl-]. The predicted molar refractivity (Wildman–Crippen MR) is 71.5 cm³/mol. The van der Waals surface area contributed by atoms with Crippen LogP contribution in [0.5, 0.6) is 0 Å². The van der Waals surface area contributed by atoms with E-state index in [4.69, 9.17) is 0 Å². The fourth-order valence-electron chi connectivity index (χ4n) is 2.10. The first-order valence-electron chi connectivity index (χ1n) is 6.89. The van der Waals surface area contributed by atoms with Crippen LogP contribution in [0.4, 0.5) is 5.82 Å². The molecule has 0 fully saturated rings. The maximum absolute atomic E-state index is 4.29. The lowest BCUT2D eigenvalue weighted by Crippen LogP contribution is -3.00. The summed E-state index contributed by atoms with van der Waals surface area (Å²) >= 11 is 0. The number of nitrogens with zero attached hydrogens (tertiary/aromatic N) is 3. The molecule has 0 aliphatic heterocycles. The average Bonchev–Trinajstić information content (AvgIpc) is 2.86. The summed E-state index contributed by atoms with van der Waals surface area (Å²) in [5, 5.41) is 2.18. The highest BCUT2D eigenvalue weighted by Crippen LogP contribution is 2.09. The molecule has 0 amide bonds. The molecule has 0 aliphatic carbocycles. The molecule has 0 bridgehead atoms. The molecule has 2 heterocycles. The van der Waals surface area contributed by atoms with Crippen molar-refractivity contribution < 1.29 is 17.7 Å². The molecule has 3 N–H and O–H groups in total. The van der Waals surface area contributed by atoms with Gasteiger partial charge in [-0.15, -0.1) is 0 Å². The van der Waals surface area contributed by atoms with E-state index in [1.807, 2.05) is 0 Å². The maximum Gasteiger partial charge on any atom is 0.253 e. The Morgan fingerprint density at radius 1 is 1.05 bits per heavy atom. The highest BCUT2D eigenvalue weighted by Gasteiger charge is 2.08. The van der Waals surface area contributed by atoms with Gasteiger partial charge >= 0.3 is 0 Å². The van der Waals surface area contributed by atoms with Gasteiger partial charge in [-0.05, 0) is 12.8 Å². The van der Waals surface area contributed by atoms with E-state index in [0.29, 0.717) is 0 Å². The Morgan fingerprint density at radius 3 is 2.68 bits per heavy atom. The van der Waals surface area contributed by atoms with Gasteiger partial charge in [-0.1, -0.05) is 32.6 Å². The molecule has 0 aromatic carbocycles. The molecule has 0 radical (unpaired) electrons. The number of nitrogens with two attached hydrogens (primary N) is 1. The first-order valence-corrected chi connectivity index (χ1v) is 6.89. The second-order valence-corrected chi connectivity index (χ2v) is 4.62. The molecule has 6 heteroatoms. The van der Waals surface area contributed by atoms with Crippen LogP contribution in [-0.2, 0) is 0 Å². The van der Waals surface area contributed by atoms with Crippen molar-refractivity contribution in [2.75, 3.05) is 6.54 Å². The minimum absolute atomic E-state index is 0. The zero-order chi connectivity index (χ0) is 12.6. The van der Waals surface area contributed by atoms with E-state index in [0.717, 1.165) is 23.5 Å². The molecule has 5 nitrogen and oxygen atoms in total. The second kappa shape index (κ2) is 8.82. The van der Waals surface area contributed by atoms with Crippen molar-refractivity contribution in [2.24, 2.45) is 0 Å². The molecule has 0 aliphatic rings. The third-order valence-electron chi connectivity index (χ3n) is 3.15. The molecular formula is C13H22ClN5. The van der Waals surface area contributed by atoms with Crippen molar-refractivity contribution in [3.63, 3.8) is 0 Å². The van der Waals surface area contributed by atoms with Crippen molar-refractivity contribution in [3.05, 3.63) is 12.7 Å². The summed E-state index contributed by atoms with van der Waals surface area (Å²) in [4.78, 5) is 15.6. The van der Waals surface area contributed by atoms with Crippen molar-refractivity contribution in [1.29, 1.82) is 0 Å². The van der Waals surface area contributed by atoms with E-state index in [-0.39, 0.29) is 12.4 Å². The number of imidazole rings is 1. The first-order chi connectivity index (χ1) is 8.92. The number of unbranched alkanes of at least 4 members (excludes halogenated alkanes) is 5. The van der Waals surface area contributed by atoms with Gasteiger partial charge in [-0.3, -0.25) is 5.32 Å². The number of H-pyrrole nitrogens is 1. The van der Waals surface area contributed by atoms with E-state index in [2.05, 4.69) is 32.2 Å². The number of nitrogens with one attached hydrogen (secondary N) is 1. The minimum Gasteiger partial charge on any atom is -1.00 e. The Labute approximate surface area is 120 Å². The highest BCUT2D eigenvalue weighted by molar-refractivity contribution is 5.77. The number of halogens is 1. The third kappa shape index (κ3) is 4.76. The molecule has 2 rings (SSSR count). The highest BCUT2D eigenvalue weighted by atomic mass is 35.5. The topological polar surface area (TPSA) is 71.1 Å². The molecule has 19 heavy (non-hydrogen) atoms. The van der Waals surface area contributed by atoms with Crippen molar-refractivity contribution in [1.82, 2.24) is 19.9 Å². The Bertz CT molecular complexity index is 471. The molecule has 0 spiro atoms. The van der Waals surface area contributed by atoms with Gasteiger partial charge in [0.25, 0.3) is 5.82 Å². The van der Waals surface area contributed by atoms with E-state index >= 15 is 0 Å². The van der Waals surface area contributed by atoms with Crippen LogP contribution in [0.1, 0.15) is 45.4 Å². The molecule has 0 unspecified atom stereocenters. The van der Waals surface area contributed by atoms with Crippen LogP contribution in [0.2, 0.25) is 0 Å². The maximum atomic E-state index is 4.29. The lowest BCUT2D eigenvalue weighted by Gasteiger charge is -2.01. The van der Waals surface area contributed by atoms with E-state index in [1.54, 1.807) is 12.7 Å². The molecule has 0 saturated carbocycles. The molecule has 0 atom stereocenters. The summed E-state index contributed by atoms with van der Waals surface area (Å²) in [5.74, 6) is 0.978. The smallest absolute Gasteiger partial charge is 0.253 e. The van der Waals surface area contributed by atoms with Gasteiger partial charge in [0, 0.05) is 0 Å². The second-order valence-electron chi connectivity index (χ2n) is 4.62. The van der Waals surface area contributed by atoms with Gasteiger partial charge in [-0.25, -0.2) is 9.97 Å². The Hall–Kier alpha value is -1.20. The fraction of sp³-hybridized carbons (Fsp3) is 0.615. The summed E-state index contributed by atoms with van der Waals surface area (Å²) in [6.45, 7) is 3.33. The van der Waals surface area contributed by atoms with Crippen LogP contribution in [0.3, 0.4) is 0 Å². The minimum atomic E-state index is 0. The fourth-order valence-corrected chi connectivity index (χ4v) is 2.10. The van der Waals surface area contributed by atoms with E-state index < -0.39 is 0 Å². The zero-order valence-electron chi connectivity index (χ0n) is 11.4. The number of hydrogen-bond acceptors (Lipinski definition) is 3. The predicted octanol–water partition coefficient (Wildman–Crippen LogP) is -1.09. The van der Waals surface area contributed by atoms with Crippen molar-refractivity contribution >= 4 is 17.0 Å². The van der Waals surface area contributed by atoms with Crippen LogP contribution >= 0.6 is 0 Å². The average molecular weight is 284 g/mol. The largest absolute Gasteiger partial charge is 1.00 e. The number of rotatable bonds is 8. The van der Waals surface area contributed by atoms with Crippen molar-refractivity contribution in [3.8, 4) is 0 Å². The van der Waals surface area contributed by atoms with Crippen LogP contribution in [0.15, 0.2) is 12.7 Å². The zero-order valence-corrected chi connectivity index (χ0v) is 12.2. The summed E-state index contributed by atoms with van der Waals surface area (Å²) in [5.41, 5.74) is 1.70. The monoisotopic (exact) mass is 283 g/mol. The van der Waals surface area contributed by atoms with Crippen molar-refractivity contribution in [2.45, 2.75) is 45.4 Å². The molecule has 2 aromatic heterocycles.